The molecule has 15 aromatic rings. The second kappa shape index (κ2) is 18.3. The maximum Gasteiger partial charge on any atom is 0.143 e. The lowest BCUT2D eigenvalue weighted by Gasteiger charge is -2.14. The molecule has 0 aliphatic rings. The van der Waals surface area contributed by atoms with Gasteiger partial charge in [-0.1, -0.05) is 237 Å². The molecular formula is C74H47NO2. The van der Waals surface area contributed by atoms with E-state index in [1.165, 1.54) is 44.5 Å². The Morgan fingerprint density at radius 1 is 0.221 bits per heavy atom. The van der Waals surface area contributed by atoms with Gasteiger partial charge in [0.1, 0.15) is 22.3 Å². The molecule has 0 fully saturated rings. The van der Waals surface area contributed by atoms with Gasteiger partial charge in [-0.3, -0.25) is 0 Å². The molecule has 12 aromatic carbocycles. The number of aromatic nitrogens is 1. The monoisotopic (exact) mass is 981 g/mol. The Kier molecular flexibility index (Phi) is 10.5. The molecule has 3 aromatic heterocycles. The van der Waals surface area contributed by atoms with Crippen molar-refractivity contribution in [1.82, 2.24) is 4.57 Å². The summed E-state index contributed by atoms with van der Waals surface area (Å²) in [6, 6.07) is 100. The molecule has 0 atom stereocenters. The summed E-state index contributed by atoms with van der Waals surface area (Å²) in [4.78, 5) is 0. The molecule has 0 aliphatic carbocycles. The minimum atomic E-state index is 0.867. The molecule has 0 N–H and O–H groups in total. The van der Waals surface area contributed by atoms with Crippen molar-refractivity contribution in [3.8, 4) is 94.7 Å². The molecule has 0 unspecified atom stereocenters. The molecule has 0 bridgehead atoms. The van der Waals surface area contributed by atoms with Crippen LogP contribution in [0.15, 0.2) is 294 Å². The molecular weight excluding hydrogens is 935 g/mol. The van der Waals surface area contributed by atoms with Crippen LogP contribution >= 0.6 is 0 Å². The lowest BCUT2D eigenvalue weighted by Crippen LogP contribution is -1.95. The Morgan fingerprint density at radius 2 is 0.584 bits per heavy atom. The average molecular weight is 982 g/mol. The van der Waals surface area contributed by atoms with Gasteiger partial charge < -0.3 is 13.4 Å². The molecule has 0 amide bonds. The van der Waals surface area contributed by atoms with Gasteiger partial charge >= 0.3 is 0 Å². The van der Waals surface area contributed by atoms with Crippen molar-refractivity contribution in [2.75, 3.05) is 0 Å². The van der Waals surface area contributed by atoms with Crippen LogP contribution in [0.4, 0.5) is 0 Å². The van der Waals surface area contributed by atoms with E-state index in [-0.39, 0.29) is 0 Å². The summed E-state index contributed by atoms with van der Waals surface area (Å²) in [7, 11) is 0. The van der Waals surface area contributed by atoms with Gasteiger partial charge in [0.25, 0.3) is 0 Å². The standard InChI is InChI=1S/C74H47NO2/c1-3-13-48(14-4-1)50-25-29-52(30-26-50)54-33-35-56(36-34-54)58-41-42-70-68(46-58)69(57-39-37-55(38-40-57)53-31-27-51(28-32-53)49-15-5-2-6-16-49)47-75(70)61-44-59(62-19-11-21-66-64-17-7-9-23-71(64)76-73(62)66)43-60(45-61)63-20-12-22-67-65-18-8-10-24-72(65)77-74(63)67/h1-47H. The zero-order valence-corrected chi connectivity index (χ0v) is 41.9. The van der Waals surface area contributed by atoms with Gasteiger partial charge in [-0.2, -0.15) is 0 Å². The van der Waals surface area contributed by atoms with Crippen molar-refractivity contribution < 1.29 is 8.83 Å². The van der Waals surface area contributed by atoms with E-state index < -0.39 is 0 Å². The Bertz CT molecular complexity index is 4540. The third-order valence-electron chi connectivity index (χ3n) is 15.5. The van der Waals surface area contributed by atoms with Crippen molar-refractivity contribution >= 4 is 54.8 Å². The molecule has 77 heavy (non-hydrogen) atoms. The highest BCUT2D eigenvalue weighted by Crippen LogP contribution is 2.43. The highest BCUT2D eigenvalue weighted by atomic mass is 16.3. The number of fused-ring (bicyclic) bond motifs is 7. The van der Waals surface area contributed by atoms with Crippen LogP contribution in [0.1, 0.15) is 0 Å². The SMILES string of the molecule is c1ccc(-c2ccc(-c3ccc(-c4ccc5c(c4)c(-c4ccc(-c6ccc(-c7ccccc7)cc6)cc4)cn5-c4cc(-c5cccc6c5oc5ccccc56)cc(-c5cccc6c5oc5ccccc56)c4)cc3)cc2)cc1. The van der Waals surface area contributed by atoms with E-state index in [9.17, 15) is 0 Å². The van der Waals surface area contributed by atoms with Gasteiger partial charge in [-0.05, 0) is 115 Å². The number of rotatable bonds is 9. The summed E-state index contributed by atoms with van der Waals surface area (Å²) in [5.74, 6) is 0. The predicted molar refractivity (Wildman–Crippen MR) is 321 cm³/mol. The van der Waals surface area contributed by atoms with Crippen LogP contribution in [-0.2, 0) is 0 Å². The van der Waals surface area contributed by atoms with Crippen molar-refractivity contribution in [1.29, 1.82) is 0 Å². The lowest BCUT2D eigenvalue weighted by molar-refractivity contribution is 0.670. The van der Waals surface area contributed by atoms with Gasteiger partial charge in [-0.25, -0.2) is 0 Å². The third kappa shape index (κ3) is 7.84. The summed E-state index contributed by atoms with van der Waals surface area (Å²) in [5.41, 5.74) is 23.9. The van der Waals surface area contributed by atoms with Crippen LogP contribution in [0.2, 0.25) is 0 Å². The first kappa shape index (κ1) is 44.3. The lowest BCUT2D eigenvalue weighted by atomic mass is 9.95. The normalized spacial score (nSPS) is 11.6. The number of hydrogen-bond donors (Lipinski definition) is 0. The zero-order chi connectivity index (χ0) is 50.8. The van der Waals surface area contributed by atoms with E-state index in [1.54, 1.807) is 0 Å². The number of furan rings is 2. The highest BCUT2D eigenvalue weighted by Gasteiger charge is 2.20. The smallest absolute Gasteiger partial charge is 0.143 e. The minimum Gasteiger partial charge on any atom is -0.455 e. The minimum absolute atomic E-state index is 0.867. The highest BCUT2D eigenvalue weighted by molar-refractivity contribution is 6.12. The first-order chi connectivity index (χ1) is 38.1. The Hall–Kier alpha value is -10.2. The number of hydrogen-bond acceptors (Lipinski definition) is 2. The Balaban J connectivity index is 0.886. The molecule has 15 rings (SSSR count). The molecule has 0 saturated carbocycles. The summed E-state index contributed by atoms with van der Waals surface area (Å²) >= 11 is 0. The van der Waals surface area contributed by atoms with E-state index in [0.717, 1.165) is 105 Å². The first-order valence-corrected chi connectivity index (χ1v) is 26.3. The maximum atomic E-state index is 6.72. The van der Waals surface area contributed by atoms with Crippen LogP contribution in [0.5, 0.6) is 0 Å². The fourth-order valence-electron chi connectivity index (χ4n) is 11.5. The first-order valence-electron chi connectivity index (χ1n) is 26.3. The summed E-state index contributed by atoms with van der Waals surface area (Å²) in [6.45, 7) is 0. The maximum absolute atomic E-state index is 6.72. The molecule has 0 radical (unpaired) electrons. The van der Waals surface area contributed by atoms with E-state index in [0.29, 0.717) is 0 Å². The fraction of sp³-hybridized carbons (Fsp3) is 0. The largest absolute Gasteiger partial charge is 0.455 e. The van der Waals surface area contributed by atoms with E-state index in [4.69, 9.17) is 8.83 Å². The Labute approximate surface area is 445 Å². The zero-order valence-electron chi connectivity index (χ0n) is 41.9. The van der Waals surface area contributed by atoms with Gasteiger partial charge in [0.2, 0.25) is 0 Å². The van der Waals surface area contributed by atoms with Crippen molar-refractivity contribution in [3.05, 3.63) is 285 Å². The van der Waals surface area contributed by atoms with Crippen molar-refractivity contribution in [2.45, 2.75) is 0 Å². The third-order valence-corrected chi connectivity index (χ3v) is 15.5. The van der Waals surface area contributed by atoms with Crippen LogP contribution in [0.25, 0.3) is 149 Å². The molecule has 3 heterocycles. The van der Waals surface area contributed by atoms with E-state index in [1.807, 2.05) is 12.1 Å². The van der Waals surface area contributed by atoms with Gasteiger partial charge in [0.15, 0.2) is 0 Å². The summed E-state index contributed by atoms with van der Waals surface area (Å²) < 4.78 is 15.8. The van der Waals surface area contributed by atoms with E-state index >= 15 is 0 Å². The van der Waals surface area contributed by atoms with Crippen LogP contribution < -0.4 is 0 Å². The molecule has 0 aliphatic heterocycles. The molecule has 3 heteroatoms. The second-order valence-corrected chi connectivity index (χ2v) is 20.0. The molecule has 0 spiro atoms. The Morgan fingerprint density at radius 3 is 1.04 bits per heavy atom. The average Bonchev–Trinajstić information content (AvgIpc) is 4.34. The number of para-hydroxylation sites is 4. The number of nitrogens with zero attached hydrogens (tertiary/aromatic N) is 1. The van der Waals surface area contributed by atoms with Gasteiger partial charge in [0.05, 0.1) is 5.52 Å². The molecule has 360 valence electrons. The van der Waals surface area contributed by atoms with Gasteiger partial charge in [0, 0.05) is 55.5 Å². The summed E-state index contributed by atoms with van der Waals surface area (Å²) in [5, 5.41) is 5.55. The summed E-state index contributed by atoms with van der Waals surface area (Å²) in [6.07, 6.45) is 2.33. The van der Waals surface area contributed by atoms with Crippen LogP contribution in [-0.4, -0.2) is 4.57 Å². The second-order valence-electron chi connectivity index (χ2n) is 20.0. The van der Waals surface area contributed by atoms with Crippen molar-refractivity contribution in [2.24, 2.45) is 0 Å². The fourth-order valence-corrected chi connectivity index (χ4v) is 11.5. The number of benzene rings is 12. The predicted octanol–water partition coefficient (Wildman–Crippen LogP) is 20.8. The van der Waals surface area contributed by atoms with Gasteiger partial charge in [-0.15, -0.1) is 0 Å². The molecule has 3 nitrogen and oxygen atoms in total. The molecule has 0 saturated heterocycles. The van der Waals surface area contributed by atoms with Crippen LogP contribution in [0.3, 0.4) is 0 Å². The quantitative estimate of drug-likeness (QED) is 0.144. The van der Waals surface area contributed by atoms with Crippen molar-refractivity contribution in [3.63, 3.8) is 0 Å². The van der Waals surface area contributed by atoms with E-state index in [2.05, 4.69) is 278 Å². The topological polar surface area (TPSA) is 31.2 Å². The van der Waals surface area contributed by atoms with Crippen LogP contribution in [0, 0.1) is 0 Å².